The van der Waals surface area contributed by atoms with E-state index in [1.165, 1.54) is 6.07 Å². The Morgan fingerprint density at radius 1 is 1.30 bits per heavy atom. The molecule has 0 unspecified atom stereocenters. The van der Waals surface area contributed by atoms with Crippen molar-refractivity contribution in [2.24, 2.45) is 0 Å². The Kier molecular flexibility index (Phi) is 5.97. The molecule has 142 valence electrons. The highest BCUT2D eigenvalue weighted by Gasteiger charge is 2.13. The van der Waals surface area contributed by atoms with Gasteiger partial charge in [0.1, 0.15) is 12.4 Å². The van der Waals surface area contributed by atoms with Crippen molar-refractivity contribution in [3.63, 3.8) is 0 Å². The maximum Gasteiger partial charge on any atom is 0.240 e. The third-order valence-corrected chi connectivity index (χ3v) is 4.02. The van der Waals surface area contributed by atoms with Crippen molar-refractivity contribution in [1.82, 2.24) is 29.5 Å². The molecule has 1 aromatic carbocycles. The average Bonchev–Trinajstić information content (AvgIpc) is 3.25. The summed E-state index contributed by atoms with van der Waals surface area (Å²) >= 11 is 0. The van der Waals surface area contributed by atoms with Crippen molar-refractivity contribution >= 4 is 5.91 Å². The number of nitrogens with one attached hydrogen (secondary N) is 1. The number of halogens is 1. The van der Waals surface area contributed by atoms with E-state index in [0.717, 1.165) is 5.69 Å². The number of benzene rings is 1. The van der Waals surface area contributed by atoms with E-state index in [0.29, 0.717) is 30.9 Å². The SMILES string of the molecule is CN(C)Cc1cc(-c2ccccc2F)nn1CCNC(=O)Cn1ccnc1. The van der Waals surface area contributed by atoms with Crippen molar-refractivity contribution in [2.45, 2.75) is 19.6 Å². The molecule has 0 saturated heterocycles. The molecule has 3 aromatic rings. The minimum Gasteiger partial charge on any atom is -0.353 e. The summed E-state index contributed by atoms with van der Waals surface area (Å²) in [6.45, 7) is 1.84. The molecule has 0 aliphatic carbocycles. The Balaban J connectivity index is 1.68. The molecule has 0 radical (unpaired) electrons. The van der Waals surface area contributed by atoms with Gasteiger partial charge in [-0.25, -0.2) is 9.37 Å². The lowest BCUT2D eigenvalue weighted by atomic mass is 10.1. The second-order valence-electron chi connectivity index (χ2n) is 6.55. The summed E-state index contributed by atoms with van der Waals surface area (Å²) in [6.07, 6.45) is 4.97. The molecule has 0 aliphatic rings. The van der Waals surface area contributed by atoms with Crippen LogP contribution in [-0.4, -0.2) is 50.8 Å². The van der Waals surface area contributed by atoms with Gasteiger partial charge in [-0.2, -0.15) is 5.10 Å². The molecule has 2 aromatic heterocycles. The molecule has 0 saturated carbocycles. The average molecular weight is 370 g/mol. The Morgan fingerprint density at radius 3 is 2.81 bits per heavy atom. The molecule has 2 heterocycles. The molecule has 0 spiro atoms. The lowest BCUT2D eigenvalue weighted by Gasteiger charge is -2.12. The number of rotatable bonds is 8. The Bertz CT molecular complexity index is 888. The number of aromatic nitrogens is 4. The van der Waals surface area contributed by atoms with E-state index < -0.39 is 0 Å². The summed E-state index contributed by atoms with van der Waals surface area (Å²) in [5.74, 6) is -0.393. The quantitative estimate of drug-likeness (QED) is 0.656. The lowest BCUT2D eigenvalue weighted by molar-refractivity contribution is -0.121. The molecular weight excluding hydrogens is 347 g/mol. The van der Waals surface area contributed by atoms with Gasteiger partial charge < -0.3 is 14.8 Å². The first-order valence-electron chi connectivity index (χ1n) is 8.71. The summed E-state index contributed by atoms with van der Waals surface area (Å²) < 4.78 is 17.6. The van der Waals surface area contributed by atoms with Crippen LogP contribution in [0.2, 0.25) is 0 Å². The zero-order chi connectivity index (χ0) is 19.2. The van der Waals surface area contributed by atoms with Crippen LogP contribution in [0.15, 0.2) is 49.1 Å². The van der Waals surface area contributed by atoms with Crippen LogP contribution in [0.1, 0.15) is 5.69 Å². The van der Waals surface area contributed by atoms with Gasteiger partial charge in [-0.3, -0.25) is 9.48 Å². The smallest absolute Gasteiger partial charge is 0.240 e. The first kappa shape index (κ1) is 18.8. The van der Waals surface area contributed by atoms with Crippen LogP contribution in [0.25, 0.3) is 11.3 Å². The van der Waals surface area contributed by atoms with E-state index in [-0.39, 0.29) is 18.3 Å². The largest absolute Gasteiger partial charge is 0.353 e. The standard InChI is InChI=1S/C19H23FN6O/c1-24(2)12-15-11-18(16-5-3-4-6-17(16)20)23-26(15)10-8-22-19(27)13-25-9-7-21-14-25/h3-7,9,11,14H,8,10,12-13H2,1-2H3,(H,22,27). The third-order valence-electron chi connectivity index (χ3n) is 4.02. The van der Waals surface area contributed by atoms with Crippen LogP contribution in [0, 0.1) is 5.82 Å². The minimum absolute atomic E-state index is 0.0938. The number of imidazole rings is 1. The van der Waals surface area contributed by atoms with Crippen molar-refractivity contribution in [3.05, 3.63) is 60.6 Å². The molecule has 1 amide bonds. The highest BCUT2D eigenvalue weighted by atomic mass is 19.1. The van der Waals surface area contributed by atoms with Crippen molar-refractivity contribution in [1.29, 1.82) is 0 Å². The second kappa shape index (κ2) is 8.59. The maximum absolute atomic E-state index is 14.1. The Morgan fingerprint density at radius 2 is 2.11 bits per heavy atom. The van der Waals surface area contributed by atoms with Crippen LogP contribution in [-0.2, 0) is 24.4 Å². The van der Waals surface area contributed by atoms with Gasteiger partial charge in [0.05, 0.1) is 24.3 Å². The summed E-state index contributed by atoms with van der Waals surface area (Å²) in [4.78, 5) is 17.9. The third kappa shape index (κ3) is 5.01. The van der Waals surface area contributed by atoms with Gasteiger partial charge in [0.25, 0.3) is 0 Å². The predicted molar refractivity (Wildman–Crippen MR) is 100 cm³/mol. The van der Waals surface area contributed by atoms with Gasteiger partial charge in [0, 0.05) is 31.0 Å². The molecular formula is C19H23FN6O. The van der Waals surface area contributed by atoms with Crippen molar-refractivity contribution < 1.29 is 9.18 Å². The van der Waals surface area contributed by atoms with Gasteiger partial charge >= 0.3 is 0 Å². The summed E-state index contributed by atoms with van der Waals surface area (Å²) in [6, 6.07) is 8.49. The number of carbonyl (C=O) groups excluding carboxylic acids is 1. The first-order chi connectivity index (χ1) is 13.0. The summed E-state index contributed by atoms with van der Waals surface area (Å²) in [5.41, 5.74) is 2.03. The number of hydrogen-bond donors (Lipinski definition) is 1. The van der Waals surface area contributed by atoms with E-state index >= 15 is 0 Å². The van der Waals surface area contributed by atoms with Gasteiger partial charge in [-0.1, -0.05) is 12.1 Å². The van der Waals surface area contributed by atoms with Gasteiger partial charge in [0.15, 0.2) is 0 Å². The minimum atomic E-state index is -0.299. The lowest BCUT2D eigenvalue weighted by Crippen LogP contribution is -2.31. The van der Waals surface area contributed by atoms with Gasteiger partial charge in [-0.15, -0.1) is 0 Å². The molecule has 27 heavy (non-hydrogen) atoms. The fraction of sp³-hybridized carbons (Fsp3) is 0.316. The predicted octanol–water partition coefficient (Wildman–Crippen LogP) is 1.76. The topological polar surface area (TPSA) is 68.0 Å². The second-order valence-corrected chi connectivity index (χ2v) is 6.55. The summed E-state index contributed by atoms with van der Waals surface area (Å²) in [7, 11) is 3.93. The van der Waals surface area contributed by atoms with Crippen molar-refractivity contribution in [3.8, 4) is 11.3 Å². The Hall–Kier alpha value is -3.00. The fourth-order valence-corrected chi connectivity index (χ4v) is 2.80. The number of hydrogen-bond acceptors (Lipinski definition) is 4. The first-order valence-corrected chi connectivity index (χ1v) is 8.71. The van der Waals surface area contributed by atoms with Crippen LogP contribution in [0.5, 0.6) is 0 Å². The van der Waals surface area contributed by atoms with Crippen LogP contribution in [0.4, 0.5) is 4.39 Å². The van der Waals surface area contributed by atoms with Crippen LogP contribution < -0.4 is 5.32 Å². The van der Waals surface area contributed by atoms with Crippen LogP contribution in [0.3, 0.4) is 0 Å². The number of nitrogens with zero attached hydrogens (tertiary/aromatic N) is 5. The maximum atomic E-state index is 14.1. The van der Waals surface area contributed by atoms with E-state index in [1.807, 2.05) is 29.7 Å². The molecule has 0 bridgehead atoms. The fourth-order valence-electron chi connectivity index (χ4n) is 2.80. The molecule has 8 heteroatoms. The van der Waals surface area contributed by atoms with E-state index in [1.54, 1.807) is 41.5 Å². The van der Waals surface area contributed by atoms with E-state index in [2.05, 4.69) is 15.4 Å². The molecule has 7 nitrogen and oxygen atoms in total. The number of amides is 1. The van der Waals surface area contributed by atoms with Gasteiger partial charge in [0.2, 0.25) is 5.91 Å². The summed E-state index contributed by atoms with van der Waals surface area (Å²) in [5, 5.41) is 7.42. The molecule has 0 aliphatic heterocycles. The monoisotopic (exact) mass is 370 g/mol. The zero-order valence-corrected chi connectivity index (χ0v) is 15.5. The molecule has 0 atom stereocenters. The van der Waals surface area contributed by atoms with E-state index in [9.17, 15) is 9.18 Å². The van der Waals surface area contributed by atoms with Gasteiger partial charge in [-0.05, 0) is 32.3 Å². The normalized spacial score (nSPS) is 11.1. The molecule has 0 fully saturated rings. The number of carbonyl (C=O) groups is 1. The van der Waals surface area contributed by atoms with Crippen LogP contribution >= 0.6 is 0 Å². The highest BCUT2D eigenvalue weighted by Crippen LogP contribution is 2.22. The molecule has 1 N–H and O–H groups in total. The molecule has 3 rings (SSSR count). The zero-order valence-electron chi connectivity index (χ0n) is 15.5. The van der Waals surface area contributed by atoms with E-state index in [4.69, 9.17) is 0 Å². The highest BCUT2D eigenvalue weighted by molar-refractivity contribution is 5.75. The Labute approximate surface area is 157 Å². The van der Waals surface area contributed by atoms with Crippen molar-refractivity contribution in [2.75, 3.05) is 20.6 Å².